The Hall–Kier alpha value is -0.890. The zero-order valence-electron chi connectivity index (χ0n) is 10.8. The molecule has 0 saturated carbocycles. The van der Waals surface area contributed by atoms with Crippen LogP contribution in [-0.2, 0) is 12.8 Å². The lowest BCUT2D eigenvalue weighted by Crippen LogP contribution is -2.39. The van der Waals surface area contributed by atoms with Gasteiger partial charge < -0.3 is 0 Å². The van der Waals surface area contributed by atoms with Gasteiger partial charge in [-0.05, 0) is 41.4 Å². The molecule has 3 nitrogen and oxygen atoms in total. The van der Waals surface area contributed by atoms with E-state index in [0.717, 1.165) is 10.7 Å². The molecule has 1 heterocycles. The molecule has 2 aromatic rings. The van der Waals surface area contributed by atoms with Crippen LogP contribution in [0.5, 0.6) is 0 Å². The largest absolute Gasteiger partial charge is 0.271 e. The highest BCUT2D eigenvalue weighted by Gasteiger charge is 2.18. The molecule has 0 aliphatic rings. The third kappa shape index (κ3) is 3.60. The molecule has 0 spiro atoms. The summed E-state index contributed by atoms with van der Waals surface area (Å²) in [5, 5.41) is 2.88. The summed E-state index contributed by atoms with van der Waals surface area (Å²) in [5.74, 6) is 4.33. The first kappa shape index (κ1) is 15.5. The minimum Gasteiger partial charge on any atom is -0.271 e. The topological polar surface area (TPSA) is 50.9 Å². The summed E-state index contributed by atoms with van der Waals surface area (Å²) in [6, 6.07) is 2.31. The van der Waals surface area contributed by atoms with E-state index in [4.69, 9.17) is 5.84 Å². The van der Waals surface area contributed by atoms with Gasteiger partial charge in [-0.2, -0.15) is 0 Å². The van der Waals surface area contributed by atoms with E-state index in [1.54, 1.807) is 0 Å². The van der Waals surface area contributed by atoms with Crippen molar-refractivity contribution in [1.82, 2.24) is 10.4 Å². The maximum Gasteiger partial charge on any atom is 0.143 e. The van der Waals surface area contributed by atoms with Crippen molar-refractivity contribution in [2.75, 3.05) is 0 Å². The molecule has 0 bridgehead atoms. The molecule has 0 saturated heterocycles. The predicted octanol–water partition coefficient (Wildman–Crippen LogP) is 3.11. The first-order valence-corrected chi connectivity index (χ1v) is 7.68. The fourth-order valence-electron chi connectivity index (χ4n) is 1.95. The van der Waals surface area contributed by atoms with Gasteiger partial charge in [-0.3, -0.25) is 11.3 Å². The second-order valence-electron chi connectivity index (χ2n) is 4.45. The van der Waals surface area contributed by atoms with Crippen molar-refractivity contribution in [2.24, 2.45) is 5.84 Å². The normalized spacial score (nSPS) is 12.7. The standard InChI is InChI=1S/C13H14BrF2N3S/c1-7-18-9(6-20-7)4-8(19-17)5-10-12(15)3-2-11(14)13(10)16/h2-3,6,8,19H,4-5,17H2,1H3. The van der Waals surface area contributed by atoms with Crippen LogP contribution in [0.3, 0.4) is 0 Å². The molecule has 1 aromatic carbocycles. The van der Waals surface area contributed by atoms with Crippen LogP contribution in [0.1, 0.15) is 16.3 Å². The highest BCUT2D eigenvalue weighted by Crippen LogP contribution is 2.23. The van der Waals surface area contributed by atoms with Gasteiger partial charge in [-0.25, -0.2) is 13.8 Å². The molecule has 1 atom stereocenters. The van der Waals surface area contributed by atoms with E-state index < -0.39 is 11.6 Å². The van der Waals surface area contributed by atoms with E-state index in [2.05, 4.69) is 26.3 Å². The van der Waals surface area contributed by atoms with Gasteiger partial charge in [0.15, 0.2) is 0 Å². The van der Waals surface area contributed by atoms with Crippen LogP contribution in [0.2, 0.25) is 0 Å². The fourth-order valence-corrected chi connectivity index (χ4v) is 2.94. The lowest BCUT2D eigenvalue weighted by atomic mass is 10.0. The van der Waals surface area contributed by atoms with Crippen LogP contribution in [0.15, 0.2) is 22.0 Å². The number of aromatic nitrogens is 1. The predicted molar refractivity (Wildman–Crippen MR) is 79.4 cm³/mol. The average molecular weight is 362 g/mol. The van der Waals surface area contributed by atoms with E-state index in [9.17, 15) is 8.78 Å². The number of hydrazine groups is 1. The Kier molecular flexibility index (Phi) is 5.20. The molecule has 2 rings (SSSR count). The van der Waals surface area contributed by atoms with E-state index in [1.165, 1.54) is 23.5 Å². The molecule has 108 valence electrons. The summed E-state index contributed by atoms with van der Waals surface area (Å²) < 4.78 is 27.9. The summed E-state index contributed by atoms with van der Waals surface area (Å²) in [6.07, 6.45) is 0.677. The van der Waals surface area contributed by atoms with Crippen molar-refractivity contribution in [3.63, 3.8) is 0 Å². The maximum absolute atomic E-state index is 13.9. The zero-order valence-corrected chi connectivity index (χ0v) is 13.2. The summed E-state index contributed by atoms with van der Waals surface area (Å²) in [4.78, 5) is 4.33. The molecule has 20 heavy (non-hydrogen) atoms. The Morgan fingerprint density at radius 3 is 2.75 bits per heavy atom. The maximum atomic E-state index is 13.9. The van der Waals surface area contributed by atoms with Gasteiger partial charge in [0, 0.05) is 23.4 Å². The first-order valence-electron chi connectivity index (χ1n) is 6.00. The molecular formula is C13H14BrF2N3S. The summed E-state index contributed by atoms with van der Waals surface area (Å²) in [6.45, 7) is 1.91. The van der Waals surface area contributed by atoms with Gasteiger partial charge in [0.05, 0.1) is 15.2 Å². The van der Waals surface area contributed by atoms with Gasteiger partial charge in [0.25, 0.3) is 0 Å². The van der Waals surface area contributed by atoms with Crippen LogP contribution >= 0.6 is 27.3 Å². The van der Waals surface area contributed by atoms with Crippen LogP contribution in [-0.4, -0.2) is 11.0 Å². The number of halogens is 3. The van der Waals surface area contributed by atoms with Gasteiger partial charge >= 0.3 is 0 Å². The third-order valence-corrected chi connectivity index (χ3v) is 4.38. The number of aryl methyl sites for hydroxylation is 1. The molecule has 0 amide bonds. The monoisotopic (exact) mass is 361 g/mol. The Balaban J connectivity index is 2.16. The van der Waals surface area contributed by atoms with Crippen molar-refractivity contribution >= 4 is 27.3 Å². The average Bonchev–Trinajstić information content (AvgIpc) is 2.83. The lowest BCUT2D eigenvalue weighted by molar-refractivity contribution is 0.480. The second kappa shape index (κ2) is 6.71. The Morgan fingerprint density at radius 2 is 2.15 bits per heavy atom. The molecule has 3 N–H and O–H groups in total. The molecule has 0 aliphatic carbocycles. The number of nitrogens with zero attached hydrogens (tertiary/aromatic N) is 1. The number of nitrogens with one attached hydrogen (secondary N) is 1. The minimum atomic E-state index is -0.584. The lowest BCUT2D eigenvalue weighted by Gasteiger charge is -2.16. The highest BCUT2D eigenvalue weighted by molar-refractivity contribution is 9.10. The Morgan fingerprint density at radius 1 is 1.40 bits per heavy atom. The fraction of sp³-hybridized carbons (Fsp3) is 0.308. The second-order valence-corrected chi connectivity index (χ2v) is 6.37. The number of hydrogen-bond acceptors (Lipinski definition) is 4. The number of rotatable bonds is 5. The van der Waals surface area contributed by atoms with E-state index in [-0.39, 0.29) is 22.5 Å². The van der Waals surface area contributed by atoms with E-state index in [1.807, 2.05) is 12.3 Å². The van der Waals surface area contributed by atoms with Crippen molar-refractivity contribution < 1.29 is 8.78 Å². The van der Waals surface area contributed by atoms with Gasteiger partial charge in [0.2, 0.25) is 0 Å². The SMILES string of the molecule is Cc1nc(CC(Cc2c(F)ccc(Br)c2F)NN)cs1. The molecule has 7 heteroatoms. The Labute approximate surface area is 128 Å². The molecular weight excluding hydrogens is 348 g/mol. The Bertz CT molecular complexity index is 603. The number of thiazole rings is 1. The molecule has 1 aromatic heterocycles. The molecule has 1 unspecified atom stereocenters. The smallest absolute Gasteiger partial charge is 0.143 e. The molecule has 0 fully saturated rings. The van der Waals surface area contributed by atoms with E-state index >= 15 is 0 Å². The molecule has 0 aliphatic heterocycles. The van der Waals surface area contributed by atoms with E-state index in [0.29, 0.717) is 6.42 Å². The van der Waals surface area contributed by atoms with Crippen molar-refractivity contribution in [3.8, 4) is 0 Å². The summed E-state index contributed by atoms with van der Waals surface area (Å²) in [7, 11) is 0. The summed E-state index contributed by atoms with van der Waals surface area (Å²) >= 11 is 4.59. The molecule has 0 radical (unpaired) electrons. The van der Waals surface area contributed by atoms with Gasteiger partial charge in [-0.15, -0.1) is 11.3 Å². The van der Waals surface area contributed by atoms with Crippen LogP contribution in [0.4, 0.5) is 8.78 Å². The third-order valence-electron chi connectivity index (χ3n) is 2.95. The van der Waals surface area contributed by atoms with Gasteiger partial charge in [-0.1, -0.05) is 0 Å². The summed E-state index contributed by atoms with van der Waals surface area (Å²) in [5.41, 5.74) is 3.49. The highest BCUT2D eigenvalue weighted by atomic mass is 79.9. The van der Waals surface area contributed by atoms with Crippen LogP contribution < -0.4 is 11.3 Å². The van der Waals surface area contributed by atoms with Gasteiger partial charge in [0.1, 0.15) is 11.6 Å². The number of benzene rings is 1. The number of nitrogens with two attached hydrogens (primary N) is 1. The quantitative estimate of drug-likeness (QED) is 0.488. The van der Waals surface area contributed by atoms with Crippen molar-refractivity contribution in [1.29, 1.82) is 0 Å². The van der Waals surface area contributed by atoms with Crippen molar-refractivity contribution in [2.45, 2.75) is 25.8 Å². The van der Waals surface area contributed by atoms with Crippen LogP contribution in [0, 0.1) is 18.6 Å². The zero-order chi connectivity index (χ0) is 14.7. The van der Waals surface area contributed by atoms with Crippen LogP contribution in [0.25, 0.3) is 0 Å². The first-order chi connectivity index (χ1) is 9.51. The van der Waals surface area contributed by atoms with Crippen molar-refractivity contribution in [3.05, 3.63) is 49.9 Å². The number of hydrogen-bond donors (Lipinski definition) is 2. The minimum absolute atomic E-state index is 0.0225.